The van der Waals surface area contributed by atoms with Gasteiger partial charge in [0.05, 0.1) is 53.9 Å². The average molecular weight is 587 g/mol. The highest BCUT2D eigenvalue weighted by atomic mass is 16.6. The molecule has 0 N–H and O–H groups in total. The van der Waals surface area contributed by atoms with Gasteiger partial charge in [0.2, 0.25) is 0 Å². The first-order chi connectivity index (χ1) is 21.3. The van der Waals surface area contributed by atoms with Gasteiger partial charge in [-0.3, -0.25) is 0 Å². The lowest BCUT2D eigenvalue weighted by molar-refractivity contribution is 0.00492. The van der Waals surface area contributed by atoms with E-state index >= 15 is 0 Å². The van der Waals surface area contributed by atoms with Gasteiger partial charge >= 0.3 is 0 Å². The molecule has 0 aromatic heterocycles. The third-order valence-electron chi connectivity index (χ3n) is 6.81. The molecule has 7 nitrogen and oxygen atoms in total. The fourth-order valence-corrected chi connectivity index (χ4v) is 4.65. The number of hydrogen-bond acceptors (Lipinski definition) is 7. The van der Waals surface area contributed by atoms with Crippen LogP contribution >= 0.6 is 0 Å². The molecule has 4 aromatic carbocycles. The molecule has 0 heterocycles. The van der Waals surface area contributed by atoms with Crippen LogP contribution in [0, 0.1) is 0 Å². The van der Waals surface area contributed by atoms with Crippen LogP contribution in [0.3, 0.4) is 0 Å². The van der Waals surface area contributed by atoms with E-state index in [1.54, 1.807) is 14.2 Å². The van der Waals surface area contributed by atoms with Crippen molar-refractivity contribution in [2.45, 2.75) is 12.8 Å². The standard InChI is InChI=1S/C36H42O7/c1-37-33-15-7-3-11-29(33)27-31-13-5-9-17-35(31)42-25-23-40-21-19-39-20-22-41-24-26-43-36-18-10-6-14-32(36)28-30-12-4-8-16-34(30)38-2/h3-18H,19-28H2,1-2H3. The maximum atomic E-state index is 6.00. The molecule has 0 unspecified atom stereocenters. The number of para-hydroxylation sites is 4. The van der Waals surface area contributed by atoms with Gasteiger partial charge in [0.25, 0.3) is 0 Å². The van der Waals surface area contributed by atoms with Gasteiger partial charge < -0.3 is 33.2 Å². The summed E-state index contributed by atoms with van der Waals surface area (Å²) in [5, 5.41) is 0. The van der Waals surface area contributed by atoms with Crippen LogP contribution in [-0.2, 0) is 27.1 Å². The monoisotopic (exact) mass is 586 g/mol. The van der Waals surface area contributed by atoms with Crippen LogP contribution in [0.1, 0.15) is 22.3 Å². The molecule has 4 aromatic rings. The lowest BCUT2D eigenvalue weighted by Crippen LogP contribution is -2.14. The Labute approximate surface area is 255 Å². The Balaban J connectivity index is 1.03. The Morgan fingerprint density at radius 2 is 0.628 bits per heavy atom. The minimum atomic E-state index is 0.466. The maximum absolute atomic E-state index is 6.00. The molecule has 0 bridgehead atoms. The van der Waals surface area contributed by atoms with E-state index in [9.17, 15) is 0 Å². The predicted molar refractivity (Wildman–Crippen MR) is 168 cm³/mol. The van der Waals surface area contributed by atoms with E-state index in [1.165, 1.54) is 0 Å². The molecule has 0 radical (unpaired) electrons. The number of ether oxygens (including phenoxy) is 7. The zero-order valence-electron chi connectivity index (χ0n) is 25.2. The number of benzene rings is 4. The van der Waals surface area contributed by atoms with Crippen molar-refractivity contribution in [3.8, 4) is 23.0 Å². The van der Waals surface area contributed by atoms with Crippen molar-refractivity contribution in [2.75, 3.05) is 67.1 Å². The first-order valence-electron chi connectivity index (χ1n) is 14.7. The van der Waals surface area contributed by atoms with Gasteiger partial charge in [0.1, 0.15) is 36.2 Å². The molecule has 0 aliphatic heterocycles. The molecule has 0 saturated carbocycles. The van der Waals surface area contributed by atoms with Crippen molar-refractivity contribution in [2.24, 2.45) is 0 Å². The summed E-state index contributed by atoms with van der Waals surface area (Å²) in [7, 11) is 3.38. The summed E-state index contributed by atoms with van der Waals surface area (Å²) in [4.78, 5) is 0. The summed E-state index contributed by atoms with van der Waals surface area (Å²) in [5.74, 6) is 3.46. The minimum absolute atomic E-state index is 0.466. The van der Waals surface area contributed by atoms with Crippen LogP contribution in [-0.4, -0.2) is 67.1 Å². The van der Waals surface area contributed by atoms with Crippen LogP contribution in [0.2, 0.25) is 0 Å². The van der Waals surface area contributed by atoms with E-state index in [0.717, 1.165) is 58.1 Å². The summed E-state index contributed by atoms with van der Waals surface area (Å²) >= 11 is 0. The summed E-state index contributed by atoms with van der Waals surface area (Å²) in [6.45, 7) is 3.90. The Kier molecular flexibility index (Phi) is 13.7. The van der Waals surface area contributed by atoms with E-state index in [2.05, 4.69) is 24.3 Å². The lowest BCUT2D eigenvalue weighted by atomic mass is 10.0. The number of hydrogen-bond donors (Lipinski definition) is 0. The second-order valence-corrected chi connectivity index (χ2v) is 9.73. The zero-order valence-corrected chi connectivity index (χ0v) is 25.2. The van der Waals surface area contributed by atoms with Gasteiger partial charge in [0, 0.05) is 12.8 Å². The van der Waals surface area contributed by atoms with Gasteiger partial charge in [-0.15, -0.1) is 0 Å². The highest BCUT2D eigenvalue weighted by Crippen LogP contribution is 2.27. The van der Waals surface area contributed by atoms with Crippen molar-refractivity contribution in [1.29, 1.82) is 0 Å². The fourth-order valence-electron chi connectivity index (χ4n) is 4.65. The molecule has 0 fully saturated rings. The summed E-state index contributed by atoms with van der Waals surface area (Å²) in [6.07, 6.45) is 1.47. The SMILES string of the molecule is COc1ccccc1Cc1ccccc1OCCOCCOCCOCCOc1ccccc1Cc1ccccc1OC. The molecular formula is C36H42O7. The third-order valence-corrected chi connectivity index (χ3v) is 6.81. The van der Waals surface area contributed by atoms with Gasteiger partial charge in [-0.1, -0.05) is 72.8 Å². The van der Waals surface area contributed by atoms with Crippen molar-refractivity contribution < 1.29 is 33.2 Å². The topological polar surface area (TPSA) is 64.6 Å². The summed E-state index contributed by atoms with van der Waals surface area (Å²) in [6, 6.07) is 32.2. The molecule has 0 spiro atoms. The average Bonchev–Trinajstić information content (AvgIpc) is 3.05. The van der Waals surface area contributed by atoms with Gasteiger partial charge in [-0.05, 0) is 46.5 Å². The van der Waals surface area contributed by atoms with E-state index in [0.29, 0.717) is 52.9 Å². The highest BCUT2D eigenvalue weighted by molar-refractivity contribution is 5.43. The van der Waals surface area contributed by atoms with E-state index in [-0.39, 0.29) is 0 Å². The second kappa shape index (κ2) is 18.5. The minimum Gasteiger partial charge on any atom is -0.496 e. The van der Waals surface area contributed by atoms with Gasteiger partial charge in [-0.25, -0.2) is 0 Å². The van der Waals surface area contributed by atoms with Crippen molar-refractivity contribution in [1.82, 2.24) is 0 Å². The molecule has 0 aliphatic rings. The molecule has 228 valence electrons. The molecular weight excluding hydrogens is 544 g/mol. The third kappa shape index (κ3) is 10.6. The van der Waals surface area contributed by atoms with Crippen molar-refractivity contribution in [3.63, 3.8) is 0 Å². The molecule has 4 rings (SSSR count). The first-order valence-corrected chi connectivity index (χ1v) is 14.7. The molecule has 0 saturated heterocycles. The Morgan fingerprint density at radius 3 is 0.977 bits per heavy atom. The molecule has 0 atom stereocenters. The number of rotatable bonds is 20. The quantitative estimate of drug-likeness (QED) is 0.111. The van der Waals surface area contributed by atoms with E-state index < -0.39 is 0 Å². The maximum Gasteiger partial charge on any atom is 0.122 e. The van der Waals surface area contributed by atoms with Crippen molar-refractivity contribution >= 4 is 0 Å². The van der Waals surface area contributed by atoms with Crippen LogP contribution < -0.4 is 18.9 Å². The molecule has 7 heteroatoms. The van der Waals surface area contributed by atoms with Crippen LogP contribution in [0.15, 0.2) is 97.1 Å². The lowest BCUT2D eigenvalue weighted by Gasteiger charge is -2.14. The van der Waals surface area contributed by atoms with Gasteiger partial charge in [-0.2, -0.15) is 0 Å². The second-order valence-electron chi connectivity index (χ2n) is 9.73. The van der Waals surface area contributed by atoms with Crippen LogP contribution in [0.5, 0.6) is 23.0 Å². The van der Waals surface area contributed by atoms with Crippen LogP contribution in [0.4, 0.5) is 0 Å². The van der Waals surface area contributed by atoms with Crippen LogP contribution in [0.25, 0.3) is 0 Å². The zero-order chi connectivity index (χ0) is 30.0. The molecule has 0 amide bonds. The summed E-state index contributed by atoms with van der Waals surface area (Å²) < 4.78 is 39.9. The smallest absolute Gasteiger partial charge is 0.122 e. The van der Waals surface area contributed by atoms with Crippen molar-refractivity contribution in [3.05, 3.63) is 119 Å². The predicted octanol–water partition coefficient (Wildman–Crippen LogP) is 6.39. The largest absolute Gasteiger partial charge is 0.496 e. The first kappa shape index (κ1) is 31.9. The normalized spacial score (nSPS) is 10.8. The highest BCUT2D eigenvalue weighted by Gasteiger charge is 2.09. The number of methoxy groups -OCH3 is 2. The Bertz CT molecular complexity index is 1250. The van der Waals surface area contributed by atoms with E-state index in [1.807, 2.05) is 72.8 Å². The van der Waals surface area contributed by atoms with Gasteiger partial charge in [0.15, 0.2) is 0 Å². The van der Waals surface area contributed by atoms with E-state index in [4.69, 9.17) is 33.2 Å². The molecule has 0 aliphatic carbocycles. The fraction of sp³-hybridized carbons (Fsp3) is 0.333. The Morgan fingerprint density at radius 1 is 0.349 bits per heavy atom. The molecule has 43 heavy (non-hydrogen) atoms. The summed E-state index contributed by atoms with van der Waals surface area (Å²) in [5.41, 5.74) is 4.46. The Hall–Kier alpha value is -4.04.